The number of rotatable bonds is 1. The van der Waals surface area contributed by atoms with Crippen molar-refractivity contribution in [2.75, 3.05) is 13.1 Å². The van der Waals surface area contributed by atoms with Crippen LogP contribution in [0.5, 0.6) is 0 Å². The predicted molar refractivity (Wildman–Crippen MR) is 36.5 cm³/mol. The van der Waals surface area contributed by atoms with Crippen LogP contribution in [-0.4, -0.2) is 38.1 Å². The molecule has 2 aliphatic heterocycles. The highest BCUT2D eigenvalue weighted by Gasteiger charge is 2.27. The first-order chi connectivity index (χ1) is 4.97. The monoisotopic (exact) mass is 140 g/mol. The average Bonchev–Trinajstić information content (AvgIpc) is 2.59. The van der Waals surface area contributed by atoms with Gasteiger partial charge in [0.25, 0.3) is 0 Å². The summed E-state index contributed by atoms with van der Waals surface area (Å²) in [6, 6.07) is 0. The highest BCUT2D eigenvalue weighted by molar-refractivity contribution is 5.51. The van der Waals surface area contributed by atoms with Crippen LogP contribution in [0.3, 0.4) is 0 Å². The van der Waals surface area contributed by atoms with E-state index in [-0.39, 0.29) is 12.2 Å². The molecule has 4 heteroatoms. The van der Waals surface area contributed by atoms with E-state index >= 15 is 0 Å². The maximum absolute atomic E-state index is 5.14. The van der Waals surface area contributed by atoms with Crippen molar-refractivity contribution in [1.82, 2.24) is 0 Å². The third-order valence-electron chi connectivity index (χ3n) is 1.61. The van der Waals surface area contributed by atoms with Gasteiger partial charge in [0.1, 0.15) is 0 Å². The summed E-state index contributed by atoms with van der Waals surface area (Å²) in [5.74, 6) is 0. The summed E-state index contributed by atoms with van der Waals surface area (Å²) in [5.41, 5.74) is 0. The molecule has 54 valence electrons. The van der Waals surface area contributed by atoms with E-state index in [1.54, 1.807) is 0 Å². The first-order valence-electron chi connectivity index (χ1n) is 3.24. The molecule has 0 N–H and O–H groups in total. The van der Waals surface area contributed by atoms with Gasteiger partial charge in [-0.2, -0.15) is 0 Å². The van der Waals surface area contributed by atoms with Crippen molar-refractivity contribution in [3.8, 4) is 0 Å². The molecule has 10 heavy (non-hydrogen) atoms. The summed E-state index contributed by atoms with van der Waals surface area (Å²) in [7, 11) is 0. The van der Waals surface area contributed by atoms with Gasteiger partial charge in [-0.05, 0) is 0 Å². The molecule has 0 bridgehead atoms. The van der Waals surface area contributed by atoms with Crippen molar-refractivity contribution >= 4 is 12.8 Å². The van der Waals surface area contributed by atoms with Crippen LogP contribution in [0, 0.1) is 0 Å². The molecule has 0 saturated heterocycles. The van der Waals surface area contributed by atoms with Crippen LogP contribution in [0.1, 0.15) is 0 Å². The van der Waals surface area contributed by atoms with Gasteiger partial charge in [0.15, 0.2) is 25.0 Å². The zero-order valence-electron chi connectivity index (χ0n) is 5.43. The molecule has 0 spiro atoms. The Bertz CT molecular complexity index is 143. The lowest BCUT2D eigenvalue weighted by Crippen LogP contribution is -2.30. The maximum atomic E-state index is 5.14. The van der Waals surface area contributed by atoms with Gasteiger partial charge in [-0.25, -0.2) is 0 Å². The first kappa shape index (κ1) is 5.70. The second-order valence-corrected chi connectivity index (χ2v) is 2.29. The number of hydrogen-bond acceptors (Lipinski definition) is 4. The molecule has 2 atom stereocenters. The van der Waals surface area contributed by atoms with Crippen LogP contribution in [0.4, 0.5) is 0 Å². The number of nitrogens with zero attached hydrogens (tertiary/aromatic N) is 2. The molecule has 2 rings (SSSR count). The highest BCUT2D eigenvalue weighted by Crippen LogP contribution is 2.11. The fourth-order valence-corrected chi connectivity index (χ4v) is 1.03. The third-order valence-corrected chi connectivity index (χ3v) is 1.61. The summed E-state index contributed by atoms with van der Waals surface area (Å²) in [6.45, 7) is 1.40. The molecule has 0 saturated carbocycles. The van der Waals surface area contributed by atoms with Gasteiger partial charge >= 0.3 is 0 Å². The minimum atomic E-state index is 0.0856. The Hall–Kier alpha value is -1.06. The van der Waals surface area contributed by atoms with E-state index in [0.717, 1.165) is 0 Å². The van der Waals surface area contributed by atoms with Crippen LogP contribution in [0.2, 0.25) is 0 Å². The van der Waals surface area contributed by atoms with E-state index in [0.29, 0.717) is 13.1 Å². The zero-order valence-corrected chi connectivity index (χ0v) is 5.43. The topological polar surface area (TPSA) is 43.2 Å². The van der Waals surface area contributed by atoms with Gasteiger partial charge in [-0.1, -0.05) is 0 Å². The van der Waals surface area contributed by atoms with Gasteiger partial charge in [0.05, 0.1) is 13.1 Å². The van der Waals surface area contributed by atoms with Gasteiger partial charge in [0, 0.05) is 0 Å². The molecule has 0 aromatic rings. The molecule has 0 aromatic heterocycles. The van der Waals surface area contributed by atoms with E-state index < -0.39 is 0 Å². The zero-order chi connectivity index (χ0) is 6.81. The van der Waals surface area contributed by atoms with Crippen LogP contribution in [0.25, 0.3) is 0 Å². The Morgan fingerprint density at radius 3 is 1.80 bits per heavy atom. The fourth-order valence-electron chi connectivity index (χ4n) is 1.03. The number of hydrogen-bond donors (Lipinski definition) is 0. The number of ether oxygens (including phenoxy) is 2. The van der Waals surface area contributed by atoms with Crippen molar-refractivity contribution in [3.05, 3.63) is 0 Å². The van der Waals surface area contributed by atoms with Crippen LogP contribution in [0.15, 0.2) is 9.98 Å². The fraction of sp³-hybridized carbons (Fsp3) is 0.667. The lowest BCUT2D eigenvalue weighted by atomic mass is 10.2. The van der Waals surface area contributed by atoms with Crippen molar-refractivity contribution < 1.29 is 9.47 Å². The SMILES string of the molecule is C1=NCC(C2CN=CO2)O1. The molecule has 4 nitrogen and oxygen atoms in total. The Balaban J connectivity index is 1.89. The quantitative estimate of drug-likeness (QED) is 0.508. The van der Waals surface area contributed by atoms with Crippen LogP contribution >= 0.6 is 0 Å². The molecule has 0 fully saturated rings. The van der Waals surface area contributed by atoms with Crippen molar-refractivity contribution in [3.63, 3.8) is 0 Å². The molecular formula is C6H8N2O2. The summed E-state index contributed by atoms with van der Waals surface area (Å²) in [6.07, 6.45) is 3.13. The van der Waals surface area contributed by atoms with Gasteiger partial charge < -0.3 is 9.47 Å². The third kappa shape index (κ3) is 0.853. The van der Waals surface area contributed by atoms with Crippen LogP contribution in [-0.2, 0) is 9.47 Å². The molecule has 2 unspecified atom stereocenters. The van der Waals surface area contributed by atoms with Crippen molar-refractivity contribution in [2.45, 2.75) is 12.2 Å². The lowest BCUT2D eigenvalue weighted by molar-refractivity contribution is 0.0842. The Morgan fingerprint density at radius 1 is 1.00 bits per heavy atom. The van der Waals surface area contributed by atoms with E-state index in [1.807, 2.05) is 0 Å². The van der Waals surface area contributed by atoms with E-state index in [9.17, 15) is 0 Å². The molecule has 2 aliphatic rings. The van der Waals surface area contributed by atoms with Gasteiger partial charge in [-0.15, -0.1) is 0 Å². The molecule has 2 heterocycles. The van der Waals surface area contributed by atoms with Crippen molar-refractivity contribution in [2.24, 2.45) is 9.98 Å². The Morgan fingerprint density at radius 2 is 1.50 bits per heavy atom. The molecule has 0 aromatic carbocycles. The summed E-state index contributed by atoms with van der Waals surface area (Å²) in [4.78, 5) is 7.85. The predicted octanol–water partition coefficient (Wildman–Crippen LogP) is -0.159. The van der Waals surface area contributed by atoms with Crippen molar-refractivity contribution in [1.29, 1.82) is 0 Å². The van der Waals surface area contributed by atoms with E-state index in [2.05, 4.69) is 9.98 Å². The molecule has 0 amide bonds. The minimum Gasteiger partial charge on any atom is -0.474 e. The Kier molecular flexibility index (Phi) is 1.30. The molecular weight excluding hydrogens is 132 g/mol. The van der Waals surface area contributed by atoms with E-state index in [4.69, 9.17) is 9.47 Å². The summed E-state index contributed by atoms with van der Waals surface area (Å²) in [5, 5.41) is 0. The number of aliphatic imine (C=N–C) groups is 2. The normalized spacial score (nSPS) is 36.0. The van der Waals surface area contributed by atoms with Crippen LogP contribution < -0.4 is 0 Å². The smallest absolute Gasteiger partial charge is 0.170 e. The van der Waals surface area contributed by atoms with Gasteiger partial charge in [0.2, 0.25) is 0 Å². The maximum Gasteiger partial charge on any atom is 0.170 e. The average molecular weight is 140 g/mol. The second-order valence-electron chi connectivity index (χ2n) is 2.29. The molecule has 0 radical (unpaired) electrons. The highest BCUT2D eigenvalue weighted by atomic mass is 16.5. The standard InChI is InChI=1S/C6H8N2O2/c1-5(9-3-7-1)6-2-8-4-10-6/h3-6H,1-2H2. The first-order valence-corrected chi connectivity index (χ1v) is 3.24. The largest absolute Gasteiger partial charge is 0.474 e. The molecule has 0 aliphatic carbocycles. The summed E-state index contributed by atoms with van der Waals surface area (Å²) < 4.78 is 10.3. The minimum absolute atomic E-state index is 0.0856. The van der Waals surface area contributed by atoms with E-state index in [1.165, 1.54) is 12.8 Å². The summed E-state index contributed by atoms with van der Waals surface area (Å²) >= 11 is 0. The Labute approximate surface area is 58.6 Å². The van der Waals surface area contributed by atoms with Gasteiger partial charge in [-0.3, -0.25) is 9.98 Å². The second kappa shape index (κ2) is 2.28. The lowest BCUT2D eigenvalue weighted by Gasteiger charge is -2.14.